The van der Waals surface area contributed by atoms with Crippen LogP contribution in [0.2, 0.25) is 0 Å². The van der Waals surface area contributed by atoms with Crippen molar-refractivity contribution < 1.29 is 0 Å². The van der Waals surface area contributed by atoms with Crippen molar-refractivity contribution in [1.29, 1.82) is 5.26 Å². The van der Waals surface area contributed by atoms with Crippen LogP contribution in [-0.2, 0) is 6.54 Å². The third-order valence-corrected chi connectivity index (χ3v) is 2.51. The van der Waals surface area contributed by atoms with E-state index in [1.54, 1.807) is 24.7 Å². The molecule has 2 heterocycles. The van der Waals surface area contributed by atoms with Gasteiger partial charge in [-0.25, -0.2) is 0 Å². The zero-order valence-electron chi connectivity index (χ0n) is 9.51. The lowest BCUT2D eigenvalue weighted by molar-refractivity contribution is 1.01. The Morgan fingerprint density at radius 2 is 2.24 bits per heavy atom. The van der Waals surface area contributed by atoms with Crippen LogP contribution in [0, 0.1) is 18.3 Å². The minimum absolute atomic E-state index is 0.590. The predicted octanol–water partition coefficient (Wildman–Crippen LogP) is 2.27. The lowest BCUT2D eigenvalue weighted by Gasteiger charge is -2.08. The summed E-state index contributed by atoms with van der Waals surface area (Å²) < 4.78 is 0. The van der Waals surface area contributed by atoms with Crippen LogP contribution in [0.5, 0.6) is 0 Å². The highest BCUT2D eigenvalue weighted by atomic mass is 14.9. The minimum Gasteiger partial charge on any atom is -0.377 e. The third-order valence-electron chi connectivity index (χ3n) is 2.51. The second-order valence-electron chi connectivity index (χ2n) is 3.65. The van der Waals surface area contributed by atoms with Gasteiger partial charge in [-0.2, -0.15) is 5.26 Å². The number of anilines is 1. The first-order chi connectivity index (χ1) is 8.31. The molecular weight excluding hydrogens is 212 g/mol. The van der Waals surface area contributed by atoms with E-state index in [0.29, 0.717) is 12.1 Å². The summed E-state index contributed by atoms with van der Waals surface area (Å²) in [7, 11) is 0. The maximum atomic E-state index is 8.94. The van der Waals surface area contributed by atoms with Gasteiger partial charge in [-0.1, -0.05) is 6.07 Å². The van der Waals surface area contributed by atoms with E-state index in [2.05, 4.69) is 21.4 Å². The Kier molecular flexibility index (Phi) is 3.31. The molecule has 4 nitrogen and oxygen atoms in total. The molecule has 0 aromatic carbocycles. The van der Waals surface area contributed by atoms with Crippen LogP contribution in [0.3, 0.4) is 0 Å². The molecule has 0 saturated carbocycles. The Labute approximate surface area is 100.0 Å². The summed E-state index contributed by atoms with van der Waals surface area (Å²) in [4.78, 5) is 8.28. The highest BCUT2D eigenvalue weighted by molar-refractivity contribution is 5.55. The molecule has 0 aliphatic rings. The number of aryl methyl sites for hydroxylation is 1. The molecule has 17 heavy (non-hydrogen) atoms. The maximum Gasteiger partial charge on any atom is 0.101 e. The van der Waals surface area contributed by atoms with Gasteiger partial charge in [0.1, 0.15) is 6.07 Å². The van der Waals surface area contributed by atoms with Gasteiger partial charge in [0, 0.05) is 12.4 Å². The zero-order valence-corrected chi connectivity index (χ0v) is 9.51. The molecule has 0 amide bonds. The molecule has 0 spiro atoms. The van der Waals surface area contributed by atoms with Gasteiger partial charge in [0.25, 0.3) is 0 Å². The minimum atomic E-state index is 0.590. The van der Waals surface area contributed by atoms with Gasteiger partial charge in [0.2, 0.25) is 0 Å². The smallest absolute Gasteiger partial charge is 0.101 e. The van der Waals surface area contributed by atoms with Crippen molar-refractivity contribution in [3.8, 4) is 6.07 Å². The fourth-order valence-electron chi connectivity index (χ4n) is 1.52. The molecular formula is C13H12N4. The number of hydrogen-bond donors (Lipinski definition) is 1. The largest absolute Gasteiger partial charge is 0.377 e. The highest BCUT2D eigenvalue weighted by Crippen LogP contribution is 2.13. The van der Waals surface area contributed by atoms with Crippen LogP contribution < -0.4 is 5.32 Å². The number of nitrogens with zero attached hydrogens (tertiary/aromatic N) is 3. The quantitative estimate of drug-likeness (QED) is 0.868. The number of rotatable bonds is 3. The van der Waals surface area contributed by atoms with Crippen molar-refractivity contribution in [3.05, 3.63) is 53.6 Å². The zero-order chi connectivity index (χ0) is 12.1. The van der Waals surface area contributed by atoms with Crippen molar-refractivity contribution in [3.63, 3.8) is 0 Å². The van der Waals surface area contributed by atoms with E-state index in [0.717, 1.165) is 16.9 Å². The highest BCUT2D eigenvalue weighted by Gasteiger charge is 2.02. The molecule has 0 saturated heterocycles. The molecule has 4 heteroatoms. The molecule has 0 bridgehead atoms. The molecule has 2 rings (SSSR count). The van der Waals surface area contributed by atoms with E-state index in [1.165, 1.54) is 0 Å². The fourth-order valence-corrected chi connectivity index (χ4v) is 1.52. The predicted molar refractivity (Wildman–Crippen MR) is 65.3 cm³/mol. The monoisotopic (exact) mass is 224 g/mol. The second kappa shape index (κ2) is 5.08. The van der Waals surface area contributed by atoms with E-state index in [-0.39, 0.29) is 0 Å². The van der Waals surface area contributed by atoms with Gasteiger partial charge >= 0.3 is 0 Å². The number of hydrogen-bond acceptors (Lipinski definition) is 4. The molecule has 0 aliphatic heterocycles. The van der Waals surface area contributed by atoms with E-state index < -0.39 is 0 Å². The van der Waals surface area contributed by atoms with E-state index >= 15 is 0 Å². The average Bonchev–Trinajstić information content (AvgIpc) is 2.38. The third kappa shape index (κ3) is 2.58. The molecule has 2 aromatic rings. The standard InChI is InChI=1S/C13H12N4/c1-10-3-2-5-16-12(10)9-17-13-8-15-6-4-11(13)7-14/h2-6,8,17H,9H2,1H3. The summed E-state index contributed by atoms with van der Waals surface area (Å²) >= 11 is 0. The Morgan fingerprint density at radius 1 is 1.35 bits per heavy atom. The maximum absolute atomic E-state index is 8.94. The van der Waals surface area contributed by atoms with E-state index in [4.69, 9.17) is 5.26 Å². The van der Waals surface area contributed by atoms with Gasteiger partial charge in [-0.15, -0.1) is 0 Å². The van der Waals surface area contributed by atoms with E-state index in [1.807, 2.05) is 19.1 Å². The van der Waals surface area contributed by atoms with Gasteiger partial charge in [0.15, 0.2) is 0 Å². The SMILES string of the molecule is Cc1cccnc1CNc1cnccc1C#N. The molecule has 2 aromatic heterocycles. The lowest BCUT2D eigenvalue weighted by Crippen LogP contribution is -2.05. The van der Waals surface area contributed by atoms with Crippen LogP contribution in [-0.4, -0.2) is 9.97 Å². The first-order valence-electron chi connectivity index (χ1n) is 5.29. The second-order valence-corrected chi connectivity index (χ2v) is 3.65. The topological polar surface area (TPSA) is 61.6 Å². The van der Waals surface area contributed by atoms with Gasteiger partial charge < -0.3 is 5.32 Å². The van der Waals surface area contributed by atoms with Crippen molar-refractivity contribution >= 4 is 5.69 Å². The fraction of sp³-hybridized carbons (Fsp3) is 0.154. The van der Waals surface area contributed by atoms with E-state index in [9.17, 15) is 0 Å². The molecule has 0 unspecified atom stereocenters. The van der Waals surface area contributed by atoms with Crippen LogP contribution in [0.25, 0.3) is 0 Å². The van der Waals surface area contributed by atoms with Crippen LogP contribution in [0.1, 0.15) is 16.8 Å². The number of nitriles is 1. The summed E-state index contributed by atoms with van der Waals surface area (Å²) in [5.41, 5.74) is 3.43. The summed E-state index contributed by atoms with van der Waals surface area (Å²) in [6.45, 7) is 2.60. The van der Waals surface area contributed by atoms with Gasteiger partial charge in [0.05, 0.1) is 29.7 Å². The number of nitrogens with one attached hydrogen (secondary N) is 1. The normalized spacial score (nSPS) is 9.65. The number of pyridine rings is 2. The Bertz CT molecular complexity index is 557. The first kappa shape index (κ1) is 11.1. The number of aromatic nitrogens is 2. The Hall–Kier alpha value is -2.41. The van der Waals surface area contributed by atoms with Crippen LogP contribution in [0.4, 0.5) is 5.69 Å². The molecule has 0 radical (unpaired) electrons. The van der Waals surface area contributed by atoms with Crippen molar-refractivity contribution in [2.24, 2.45) is 0 Å². The summed E-state index contributed by atoms with van der Waals surface area (Å²) in [6.07, 6.45) is 5.02. The molecule has 0 fully saturated rings. The molecule has 84 valence electrons. The summed E-state index contributed by atoms with van der Waals surface area (Å²) in [5.74, 6) is 0. The molecule has 1 N–H and O–H groups in total. The van der Waals surface area contributed by atoms with Gasteiger partial charge in [-0.3, -0.25) is 9.97 Å². The van der Waals surface area contributed by atoms with Crippen molar-refractivity contribution in [1.82, 2.24) is 9.97 Å². The average molecular weight is 224 g/mol. The first-order valence-corrected chi connectivity index (χ1v) is 5.29. The summed E-state index contributed by atoms with van der Waals surface area (Å²) in [5, 5.41) is 12.1. The Balaban J connectivity index is 2.13. The van der Waals surface area contributed by atoms with Crippen LogP contribution >= 0.6 is 0 Å². The molecule has 0 atom stereocenters. The van der Waals surface area contributed by atoms with Gasteiger partial charge in [-0.05, 0) is 24.6 Å². The Morgan fingerprint density at radius 3 is 3.00 bits per heavy atom. The summed E-state index contributed by atoms with van der Waals surface area (Å²) in [6, 6.07) is 7.73. The molecule has 0 aliphatic carbocycles. The van der Waals surface area contributed by atoms with Crippen molar-refractivity contribution in [2.75, 3.05) is 5.32 Å². The lowest BCUT2D eigenvalue weighted by atomic mass is 10.2. The van der Waals surface area contributed by atoms with Crippen LogP contribution in [0.15, 0.2) is 36.8 Å². The van der Waals surface area contributed by atoms with Crippen molar-refractivity contribution in [2.45, 2.75) is 13.5 Å².